The van der Waals surface area contributed by atoms with Gasteiger partial charge in [-0.2, -0.15) is 5.26 Å². The largest absolute Gasteiger partial charge is 0.442 e. The minimum atomic E-state index is -0.852. The molecule has 8 nitrogen and oxygen atoms in total. The lowest BCUT2D eigenvalue weighted by molar-refractivity contribution is -0.119. The maximum Gasteiger partial charge on any atom is 0.414 e. The van der Waals surface area contributed by atoms with E-state index in [1.807, 2.05) is 4.90 Å². The van der Waals surface area contributed by atoms with Crippen LogP contribution < -0.4 is 20.9 Å². The van der Waals surface area contributed by atoms with E-state index in [0.717, 1.165) is 0 Å². The summed E-state index contributed by atoms with van der Waals surface area (Å²) in [7, 11) is 0. The summed E-state index contributed by atoms with van der Waals surface area (Å²) < 4.78 is 19.9. The van der Waals surface area contributed by atoms with Crippen LogP contribution in [-0.2, 0) is 9.53 Å². The van der Waals surface area contributed by atoms with Crippen molar-refractivity contribution in [3.63, 3.8) is 0 Å². The molecule has 0 aliphatic carbocycles. The molecule has 0 unspecified atom stereocenters. The van der Waals surface area contributed by atoms with E-state index < -0.39 is 23.6 Å². The number of nitrogens with one attached hydrogen (secondary N) is 1. The van der Waals surface area contributed by atoms with Crippen LogP contribution in [-0.4, -0.2) is 49.8 Å². The van der Waals surface area contributed by atoms with Gasteiger partial charge >= 0.3 is 6.09 Å². The fourth-order valence-electron chi connectivity index (χ4n) is 3.27. The molecule has 3 N–H and O–H groups in total. The highest BCUT2D eigenvalue weighted by Gasteiger charge is 2.34. The van der Waals surface area contributed by atoms with Gasteiger partial charge in [0.1, 0.15) is 17.5 Å². The van der Waals surface area contributed by atoms with Gasteiger partial charge in [-0.15, -0.1) is 0 Å². The molecule has 2 aliphatic heterocycles. The monoisotopic (exact) mass is 375 g/mol. The van der Waals surface area contributed by atoms with Crippen molar-refractivity contribution in [3.05, 3.63) is 24.0 Å². The Labute approximate surface area is 156 Å². The number of ether oxygens (including phenoxy) is 1. The van der Waals surface area contributed by atoms with Gasteiger partial charge in [0.05, 0.1) is 30.5 Å². The molecule has 3 rings (SSSR count). The molecule has 0 bridgehead atoms. The normalized spacial score (nSPS) is 21.6. The molecule has 1 atom stereocenters. The smallest absolute Gasteiger partial charge is 0.414 e. The number of carbonyl (C=O) groups excluding carboxylic acids is 2. The highest BCUT2D eigenvalue weighted by Crippen LogP contribution is 2.30. The van der Waals surface area contributed by atoms with Gasteiger partial charge in [-0.05, 0) is 31.0 Å². The summed E-state index contributed by atoms with van der Waals surface area (Å²) in [4.78, 5) is 26.2. The molecule has 2 aliphatic rings. The number of halogens is 1. The van der Waals surface area contributed by atoms with Crippen LogP contribution in [0, 0.1) is 17.1 Å². The number of hydrogen-bond acceptors (Lipinski definition) is 6. The first-order chi connectivity index (χ1) is 12.8. The van der Waals surface area contributed by atoms with Gasteiger partial charge in [-0.3, -0.25) is 9.69 Å². The van der Waals surface area contributed by atoms with Crippen molar-refractivity contribution in [2.75, 3.05) is 36.0 Å². The van der Waals surface area contributed by atoms with Crippen molar-refractivity contribution >= 4 is 23.4 Å². The fourth-order valence-corrected chi connectivity index (χ4v) is 3.27. The number of anilines is 2. The molecule has 0 radical (unpaired) electrons. The van der Waals surface area contributed by atoms with Crippen molar-refractivity contribution in [2.24, 2.45) is 5.73 Å². The molecule has 9 heteroatoms. The topological polar surface area (TPSA) is 112 Å². The second-order valence-electron chi connectivity index (χ2n) is 6.94. The van der Waals surface area contributed by atoms with Crippen molar-refractivity contribution in [3.8, 4) is 6.07 Å². The second kappa shape index (κ2) is 7.40. The fraction of sp³-hybridized carbons (Fsp3) is 0.500. The van der Waals surface area contributed by atoms with E-state index in [9.17, 15) is 14.0 Å². The van der Waals surface area contributed by atoms with Crippen molar-refractivity contribution in [1.29, 1.82) is 5.26 Å². The first-order valence-corrected chi connectivity index (χ1v) is 8.78. The number of amides is 2. The van der Waals surface area contributed by atoms with Gasteiger partial charge in [0.2, 0.25) is 5.91 Å². The third kappa shape index (κ3) is 4.11. The van der Waals surface area contributed by atoms with E-state index in [-0.39, 0.29) is 19.0 Å². The Balaban J connectivity index is 1.68. The number of nitriles is 1. The zero-order valence-corrected chi connectivity index (χ0v) is 15.1. The molecule has 2 heterocycles. The number of carbonyl (C=O) groups is 2. The summed E-state index contributed by atoms with van der Waals surface area (Å²) in [5.74, 6) is -0.661. The quantitative estimate of drug-likeness (QED) is 0.815. The van der Waals surface area contributed by atoms with Crippen LogP contribution in [0.3, 0.4) is 0 Å². The molecule has 0 saturated carbocycles. The van der Waals surface area contributed by atoms with Crippen molar-refractivity contribution in [1.82, 2.24) is 5.32 Å². The maximum atomic E-state index is 14.7. The molecule has 2 amide bonds. The third-order valence-electron chi connectivity index (χ3n) is 4.91. The van der Waals surface area contributed by atoms with E-state index in [1.165, 1.54) is 17.9 Å². The molecular formula is C18H22FN5O3. The maximum absolute atomic E-state index is 14.7. The molecule has 0 aromatic heterocycles. The van der Waals surface area contributed by atoms with Crippen molar-refractivity contribution < 1.29 is 18.7 Å². The zero-order chi connectivity index (χ0) is 19.6. The second-order valence-corrected chi connectivity index (χ2v) is 6.94. The lowest BCUT2D eigenvalue weighted by Crippen LogP contribution is -2.49. The zero-order valence-electron chi connectivity index (χ0n) is 15.1. The van der Waals surface area contributed by atoms with Gasteiger partial charge in [0.15, 0.2) is 0 Å². The predicted molar refractivity (Wildman–Crippen MR) is 96.7 cm³/mol. The van der Waals surface area contributed by atoms with E-state index in [1.54, 1.807) is 12.1 Å². The number of nitrogens with two attached hydrogens (primary N) is 1. The Morgan fingerprint density at radius 2 is 2.19 bits per heavy atom. The Bertz CT molecular complexity index is 786. The molecule has 144 valence electrons. The minimum absolute atomic E-state index is 0.209. The average Bonchev–Trinajstić information content (AvgIpc) is 3.02. The molecule has 1 aromatic rings. The van der Waals surface area contributed by atoms with Gasteiger partial charge in [-0.1, -0.05) is 0 Å². The number of piperidine rings is 1. The van der Waals surface area contributed by atoms with E-state index in [4.69, 9.17) is 15.7 Å². The Kier molecular flexibility index (Phi) is 5.19. The molecule has 27 heavy (non-hydrogen) atoms. The Hall–Kier alpha value is -2.86. The summed E-state index contributed by atoms with van der Waals surface area (Å²) in [5, 5.41) is 11.7. The van der Waals surface area contributed by atoms with E-state index >= 15 is 0 Å². The van der Waals surface area contributed by atoms with Crippen molar-refractivity contribution in [2.45, 2.75) is 31.4 Å². The SMILES string of the molecule is CC(=O)NC[C@H]1CN(c2ccc(N3CCC(N)(C#N)CC3)c(F)c2)C(=O)O1. The standard InChI is InChI=1S/C18H22FN5O3/c1-12(25)22-9-14-10-24(17(26)27-14)13-2-3-16(15(19)8-13)23-6-4-18(21,11-20)5-7-23/h2-3,8,14H,4-7,9-10,21H2,1H3,(H,22,25)/t14-/m0/s1. The van der Waals surface area contributed by atoms with Crippen LogP contribution >= 0.6 is 0 Å². The Morgan fingerprint density at radius 1 is 1.48 bits per heavy atom. The molecule has 2 fully saturated rings. The van der Waals surface area contributed by atoms with Gasteiger partial charge in [0, 0.05) is 20.0 Å². The first-order valence-electron chi connectivity index (χ1n) is 8.78. The van der Waals surface area contributed by atoms with Gasteiger partial charge in [-0.25, -0.2) is 9.18 Å². The van der Waals surface area contributed by atoms with Crippen LogP contribution in [0.2, 0.25) is 0 Å². The predicted octanol–water partition coefficient (Wildman–Crippen LogP) is 1.11. The highest BCUT2D eigenvalue weighted by molar-refractivity contribution is 5.90. The summed E-state index contributed by atoms with van der Waals surface area (Å²) in [6, 6.07) is 6.69. The minimum Gasteiger partial charge on any atom is -0.442 e. The molecular weight excluding hydrogens is 353 g/mol. The average molecular weight is 375 g/mol. The van der Waals surface area contributed by atoms with Gasteiger partial charge < -0.3 is 20.7 Å². The molecule has 2 saturated heterocycles. The number of hydrogen-bond donors (Lipinski definition) is 2. The summed E-state index contributed by atoms with van der Waals surface area (Å²) >= 11 is 0. The van der Waals surface area contributed by atoms with Gasteiger partial charge in [0.25, 0.3) is 0 Å². The summed E-state index contributed by atoms with van der Waals surface area (Å²) in [6.07, 6.45) is -0.116. The number of rotatable bonds is 4. The molecule has 1 aromatic carbocycles. The third-order valence-corrected chi connectivity index (χ3v) is 4.91. The van der Waals surface area contributed by atoms with Crippen LogP contribution in [0.1, 0.15) is 19.8 Å². The van der Waals surface area contributed by atoms with Crippen LogP contribution in [0.4, 0.5) is 20.6 Å². The van der Waals surface area contributed by atoms with Crippen LogP contribution in [0.25, 0.3) is 0 Å². The lowest BCUT2D eigenvalue weighted by Gasteiger charge is -2.36. The lowest BCUT2D eigenvalue weighted by atomic mass is 9.90. The summed E-state index contributed by atoms with van der Waals surface area (Å²) in [6.45, 7) is 2.81. The van der Waals surface area contributed by atoms with E-state index in [2.05, 4.69) is 11.4 Å². The van der Waals surface area contributed by atoms with Crippen LogP contribution in [0.15, 0.2) is 18.2 Å². The first kappa shape index (κ1) is 18.9. The number of cyclic esters (lactones) is 1. The highest BCUT2D eigenvalue weighted by atomic mass is 19.1. The van der Waals surface area contributed by atoms with E-state index in [0.29, 0.717) is 37.3 Å². The number of nitrogens with zero attached hydrogens (tertiary/aromatic N) is 3. The molecule has 0 spiro atoms. The Morgan fingerprint density at radius 3 is 2.78 bits per heavy atom. The van der Waals surface area contributed by atoms with Crippen LogP contribution in [0.5, 0.6) is 0 Å². The number of benzene rings is 1. The summed E-state index contributed by atoms with van der Waals surface area (Å²) in [5.41, 5.74) is 5.91.